The third kappa shape index (κ3) is 4.03. The highest BCUT2D eigenvalue weighted by atomic mass is 16.6. The predicted octanol–water partition coefficient (Wildman–Crippen LogP) is 4.60. The van der Waals surface area contributed by atoms with Gasteiger partial charge in [0, 0.05) is 12.5 Å². The van der Waals surface area contributed by atoms with E-state index < -0.39 is 12.0 Å². The van der Waals surface area contributed by atoms with Crippen LogP contribution in [0.15, 0.2) is 16.8 Å². The van der Waals surface area contributed by atoms with Crippen molar-refractivity contribution in [2.24, 2.45) is 39.7 Å². The van der Waals surface area contributed by atoms with Crippen molar-refractivity contribution in [3.05, 3.63) is 11.6 Å². The maximum Gasteiger partial charge on any atom is 0.326 e. The maximum atomic E-state index is 12.5. The first-order valence-electron chi connectivity index (χ1n) is 13.6. The molecule has 35 heavy (non-hydrogen) atoms. The van der Waals surface area contributed by atoms with E-state index in [2.05, 4.69) is 25.1 Å². The third-order valence-corrected chi connectivity index (χ3v) is 10.7. The van der Waals surface area contributed by atoms with E-state index in [-0.39, 0.29) is 29.3 Å². The molecule has 5 aliphatic rings. The van der Waals surface area contributed by atoms with E-state index in [1.807, 2.05) is 0 Å². The number of amides is 1. The van der Waals surface area contributed by atoms with Crippen molar-refractivity contribution in [2.45, 2.75) is 91.0 Å². The molecule has 1 N–H and O–H groups in total. The van der Waals surface area contributed by atoms with Gasteiger partial charge in [0.05, 0.1) is 5.71 Å². The van der Waals surface area contributed by atoms with Crippen LogP contribution in [-0.4, -0.2) is 52.6 Å². The number of carboxylic acids is 1. The summed E-state index contributed by atoms with van der Waals surface area (Å²) in [6, 6.07) is -0.741. The molecule has 192 valence electrons. The number of Topliss-reactive ketones (excluding diaryl/α,β-unsaturated/α-hetero) is 1. The van der Waals surface area contributed by atoms with Crippen LogP contribution in [0.3, 0.4) is 0 Å². The Morgan fingerprint density at radius 2 is 1.89 bits per heavy atom. The molecular formula is C28H40N2O5. The van der Waals surface area contributed by atoms with Gasteiger partial charge in [-0.1, -0.05) is 24.6 Å². The summed E-state index contributed by atoms with van der Waals surface area (Å²) in [5.74, 6) is 1.41. The smallest absolute Gasteiger partial charge is 0.326 e. The first-order chi connectivity index (χ1) is 16.6. The number of likely N-dealkylation sites (tertiary alicyclic amines) is 1. The zero-order chi connectivity index (χ0) is 25.0. The van der Waals surface area contributed by atoms with Gasteiger partial charge in [0.15, 0.2) is 6.61 Å². The lowest BCUT2D eigenvalue weighted by atomic mass is 9.46. The van der Waals surface area contributed by atoms with E-state index in [0.29, 0.717) is 42.9 Å². The molecule has 3 saturated carbocycles. The van der Waals surface area contributed by atoms with Gasteiger partial charge in [-0.15, -0.1) is 0 Å². The van der Waals surface area contributed by atoms with E-state index in [9.17, 15) is 19.5 Å². The van der Waals surface area contributed by atoms with Crippen molar-refractivity contribution >= 4 is 23.4 Å². The molecule has 0 spiro atoms. The van der Waals surface area contributed by atoms with Crippen LogP contribution in [0, 0.1) is 34.5 Å². The molecule has 5 rings (SSSR count). The molecular weight excluding hydrogens is 444 g/mol. The average molecular weight is 485 g/mol. The quantitative estimate of drug-likeness (QED) is 0.575. The number of nitrogens with zero attached hydrogens (tertiary/aromatic N) is 2. The molecule has 1 heterocycles. The zero-order valence-corrected chi connectivity index (χ0v) is 21.4. The van der Waals surface area contributed by atoms with E-state index in [1.165, 1.54) is 29.7 Å². The number of carboxylic acid groups (broad SMARTS) is 1. The van der Waals surface area contributed by atoms with Gasteiger partial charge in [0.2, 0.25) is 0 Å². The highest BCUT2D eigenvalue weighted by Crippen LogP contribution is 2.66. The lowest BCUT2D eigenvalue weighted by Crippen LogP contribution is -2.51. The normalized spacial score (nSPS) is 41.6. The number of oxime groups is 1. The maximum absolute atomic E-state index is 12.5. The van der Waals surface area contributed by atoms with Crippen LogP contribution in [0.25, 0.3) is 0 Å². The highest BCUT2D eigenvalue weighted by Gasteiger charge is 2.59. The minimum atomic E-state index is -0.952. The number of fused-ring (bicyclic) bond motifs is 5. The van der Waals surface area contributed by atoms with Crippen LogP contribution >= 0.6 is 0 Å². The molecule has 4 aliphatic carbocycles. The summed E-state index contributed by atoms with van der Waals surface area (Å²) < 4.78 is 0. The predicted molar refractivity (Wildman–Crippen MR) is 132 cm³/mol. The van der Waals surface area contributed by atoms with Crippen molar-refractivity contribution in [3.8, 4) is 0 Å². The fraction of sp³-hybridized carbons (Fsp3) is 0.786. The Morgan fingerprint density at radius 1 is 1.09 bits per heavy atom. The van der Waals surface area contributed by atoms with Gasteiger partial charge in [-0.25, -0.2) is 4.79 Å². The molecule has 7 heteroatoms. The van der Waals surface area contributed by atoms with Crippen molar-refractivity contribution in [2.75, 3.05) is 13.2 Å². The Morgan fingerprint density at radius 3 is 2.63 bits per heavy atom. The van der Waals surface area contributed by atoms with Crippen molar-refractivity contribution in [1.29, 1.82) is 0 Å². The summed E-state index contributed by atoms with van der Waals surface area (Å²) in [7, 11) is 0. The number of hydrogen-bond donors (Lipinski definition) is 1. The lowest BCUT2D eigenvalue weighted by molar-refractivity contribution is -0.150. The zero-order valence-electron chi connectivity index (χ0n) is 21.4. The Labute approximate surface area is 208 Å². The van der Waals surface area contributed by atoms with Gasteiger partial charge in [-0.2, -0.15) is 0 Å². The number of carbonyl (C=O) groups excluding carboxylic acids is 2. The monoisotopic (exact) mass is 484 g/mol. The summed E-state index contributed by atoms with van der Waals surface area (Å²) in [5.41, 5.74) is 2.71. The lowest BCUT2D eigenvalue weighted by Gasteiger charge is -2.58. The molecule has 7 atom stereocenters. The molecule has 0 aromatic carbocycles. The fourth-order valence-electron chi connectivity index (χ4n) is 8.89. The molecule has 4 fully saturated rings. The summed E-state index contributed by atoms with van der Waals surface area (Å²) in [5, 5.41) is 13.6. The molecule has 0 radical (unpaired) electrons. The number of ketones is 1. The molecule has 1 aliphatic heterocycles. The molecule has 7 nitrogen and oxygen atoms in total. The molecule has 0 aromatic heterocycles. The van der Waals surface area contributed by atoms with Gasteiger partial charge in [-0.3, -0.25) is 9.59 Å². The number of aliphatic carboxylic acids is 1. The number of hydrogen-bond acceptors (Lipinski definition) is 5. The first kappa shape index (κ1) is 24.5. The Hall–Kier alpha value is -2.18. The first-order valence-corrected chi connectivity index (χ1v) is 13.6. The Bertz CT molecular complexity index is 972. The molecule has 1 amide bonds. The standard InChI is InChI=1S/C28H40N2O5/c1-17(31)21-8-9-22-20-7-6-18-15-19(10-12-27(18,2)23(20)11-13-28(21,22)3)29-35-16-25(32)30-14-4-5-24(30)26(33)34/h15,20-24H,4-14,16H2,1-3H3,(H,33,34)/t20-,21-,22-,23-,24-,27-,28+/m0/s1. The second-order valence-electron chi connectivity index (χ2n) is 12.2. The van der Waals surface area contributed by atoms with Crippen molar-refractivity contribution in [3.63, 3.8) is 0 Å². The minimum absolute atomic E-state index is 0.178. The van der Waals surface area contributed by atoms with Crippen LogP contribution in [0.5, 0.6) is 0 Å². The van der Waals surface area contributed by atoms with Crippen molar-refractivity contribution < 1.29 is 24.3 Å². The largest absolute Gasteiger partial charge is 0.480 e. The minimum Gasteiger partial charge on any atom is -0.480 e. The Balaban J connectivity index is 1.24. The van der Waals surface area contributed by atoms with Crippen molar-refractivity contribution in [1.82, 2.24) is 4.90 Å². The third-order valence-electron chi connectivity index (χ3n) is 10.7. The van der Waals surface area contributed by atoms with Crippen LogP contribution in [0.1, 0.15) is 85.0 Å². The summed E-state index contributed by atoms with van der Waals surface area (Å²) in [6.07, 6.45) is 12.2. The molecule has 0 unspecified atom stereocenters. The molecule has 1 saturated heterocycles. The summed E-state index contributed by atoms with van der Waals surface area (Å²) >= 11 is 0. The van der Waals surface area contributed by atoms with Gasteiger partial charge < -0.3 is 14.8 Å². The van der Waals surface area contributed by atoms with Crippen LogP contribution < -0.4 is 0 Å². The SMILES string of the molecule is CC(=O)[C@@H]1CC[C@H]2[C@@H]3CCC4=CC(=NOCC(=O)N5CCC[C@H]5C(=O)O)CC[C@]4(C)[C@H]3CC[C@]12C. The summed E-state index contributed by atoms with van der Waals surface area (Å²) in [6.45, 7) is 6.88. The highest BCUT2D eigenvalue weighted by molar-refractivity contribution is 5.96. The summed E-state index contributed by atoms with van der Waals surface area (Å²) in [4.78, 5) is 43.0. The van der Waals surface area contributed by atoms with Crippen LogP contribution in [-0.2, 0) is 19.2 Å². The van der Waals surface area contributed by atoms with E-state index in [0.717, 1.165) is 37.8 Å². The van der Waals surface area contributed by atoms with Crippen LogP contribution in [0.2, 0.25) is 0 Å². The number of allylic oxidation sites excluding steroid dienone is 2. The second-order valence-corrected chi connectivity index (χ2v) is 12.2. The topological polar surface area (TPSA) is 96.3 Å². The molecule has 0 bridgehead atoms. The van der Waals surface area contributed by atoms with Crippen LogP contribution in [0.4, 0.5) is 0 Å². The van der Waals surface area contributed by atoms with E-state index >= 15 is 0 Å². The number of rotatable bonds is 5. The Kier molecular flexibility index (Phi) is 6.33. The van der Waals surface area contributed by atoms with Gasteiger partial charge in [-0.05, 0) is 106 Å². The average Bonchev–Trinajstić information content (AvgIpc) is 3.44. The number of carbonyl (C=O) groups is 3. The second kappa shape index (κ2) is 9.04. The van der Waals surface area contributed by atoms with Gasteiger partial charge in [0.25, 0.3) is 5.91 Å². The molecule has 0 aromatic rings. The van der Waals surface area contributed by atoms with E-state index in [1.54, 1.807) is 6.92 Å². The fourth-order valence-corrected chi connectivity index (χ4v) is 8.89. The van der Waals surface area contributed by atoms with Gasteiger partial charge >= 0.3 is 5.97 Å². The van der Waals surface area contributed by atoms with Gasteiger partial charge in [0.1, 0.15) is 11.8 Å². The van der Waals surface area contributed by atoms with E-state index in [4.69, 9.17) is 4.84 Å².